The predicted octanol–water partition coefficient (Wildman–Crippen LogP) is 2.29. The fourth-order valence-electron chi connectivity index (χ4n) is 3.22. The minimum atomic E-state index is -0.522. The standard InChI is InChI=1S/C18H25N3O3/c1-17(2,3)24-15(22)13-4-6-14(7-5-13)21-12-18(20-16(21)23)8-10-19-11-9-18/h4-7,19H,8-12H2,1-3H3,(H,20,23). The summed E-state index contributed by atoms with van der Waals surface area (Å²) in [5.41, 5.74) is 0.637. The van der Waals surface area contributed by atoms with Gasteiger partial charge in [-0.25, -0.2) is 9.59 Å². The van der Waals surface area contributed by atoms with Crippen molar-refractivity contribution in [2.75, 3.05) is 24.5 Å². The molecule has 2 aliphatic rings. The van der Waals surface area contributed by atoms with Crippen LogP contribution in [0.5, 0.6) is 0 Å². The number of nitrogens with zero attached hydrogens (tertiary/aromatic N) is 1. The molecule has 0 aliphatic carbocycles. The number of carbonyl (C=O) groups is 2. The minimum absolute atomic E-state index is 0.0677. The minimum Gasteiger partial charge on any atom is -0.456 e. The number of piperidine rings is 1. The van der Waals surface area contributed by atoms with Gasteiger partial charge in [0.1, 0.15) is 5.60 Å². The van der Waals surface area contributed by atoms with Gasteiger partial charge in [-0.05, 0) is 71.0 Å². The van der Waals surface area contributed by atoms with Gasteiger partial charge in [-0.15, -0.1) is 0 Å². The molecular weight excluding hydrogens is 306 g/mol. The molecule has 2 saturated heterocycles. The second kappa shape index (κ2) is 6.09. The van der Waals surface area contributed by atoms with Gasteiger partial charge in [0.15, 0.2) is 0 Å². The van der Waals surface area contributed by atoms with E-state index in [2.05, 4.69) is 10.6 Å². The maximum Gasteiger partial charge on any atom is 0.338 e. The lowest BCUT2D eigenvalue weighted by Crippen LogP contribution is -2.51. The molecular formula is C18H25N3O3. The Kier molecular flexibility index (Phi) is 4.25. The topological polar surface area (TPSA) is 70.7 Å². The first-order valence-electron chi connectivity index (χ1n) is 8.42. The van der Waals surface area contributed by atoms with E-state index < -0.39 is 5.60 Å². The number of esters is 1. The highest BCUT2D eigenvalue weighted by Crippen LogP contribution is 2.29. The second-order valence-electron chi connectivity index (χ2n) is 7.60. The Morgan fingerprint density at radius 1 is 1.17 bits per heavy atom. The van der Waals surface area contributed by atoms with Gasteiger partial charge in [0, 0.05) is 5.69 Å². The first-order chi connectivity index (χ1) is 11.3. The van der Waals surface area contributed by atoms with Gasteiger partial charge in [-0.2, -0.15) is 0 Å². The monoisotopic (exact) mass is 331 g/mol. The number of benzene rings is 1. The third-order valence-corrected chi connectivity index (χ3v) is 4.45. The number of anilines is 1. The smallest absolute Gasteiger partial charge is 0.338 e. The molecule has 6 nitrogen and oxygen atoms in total. The summed E-state index contributed by atoms with van der Waals surface area (Å²) in [5, 5.41) is 6.46. The molecule has 2 heterocycles. The molecule has 0 unspecified atom stereocenters. The molecule has 0 bridgehead atoms. The Bertz CT molecular complexity index is 628. The third-order valence-electron chi connectivity index (χ3n) is 4.45. The highest BCUT2D eigenvalue weighted by molar-refractivity contribution is 5.96. The number of hydrogen-bond acceptors (Lipinski definition) is 4. The third kappa shape index (κ3) is 3.53. The molecule has 2 fully saturated rings. The molecule has 0 aromatic heterocycles. The Balaban J connectivity index is 1.72. The normalized spacial score (nSPS) is 20.1. The van der Waals surface area contributed by atoms with Crippen molar-refractivity contribution in [3.05, 3.63) is 29.8 Å². The van der Waals surface area contributed by atoms with E-state index in [9.17, 15) is 9.59 Å². The molecule has 130 valence electrons. The van der Waals surface area contributed by atoms with Crippen LogP contribution in [0.25, 0.3) is 0 Å². The van der Waals surface area contributed by atoms with Gasteiger partial charge in [0.2, 0.25) is 0 Å². The molecule has 2 amide bonds. The first kappa shape index (κ1) is 16.8. The Morgan fingerprint density at radius 3 is 2.38 bits per heavy atom. The van der Waals surface area contributed by atoms with Gasteiger partial charge in [-0.3, -0.25) is 4.90 Å². The zero-order valence-corrected chi connectivity index (χ0v) is 14.5. The molecule has 1 spiro atoms. The SMILES string of the molecule is CC(C)(C)OC(=O)c1ccc(N2CC3(CCNCC3)NC2=O)cc1. The lowest BCUT2D eigenvalue weighted by atomic mass is 9.89. The van der Waals surface area contributed by atoms with Crippen molar-refractivity contribution >= 4 is 17.7 Å². The van der Waals surface area contributed by atoms with Gasteiger partial charge in [0.25, 0.3) is 0 Å². The highest BCUT2D eigenvalue weighted by atomic mass is 16.6. The molecule has 24 heavy (non-hydrogen) atoms. The molecule has 2 N–H and O–H groups in total. The van der Waals surface area contributed by atoms with Crippen LogP contribution < -0.4 is 15.5 Å². The van der Waals surface area contributed by atoms with E-state index in [-0.39, 0.29) is 17.5 Å². The van der Waals surface area contributed by atoms with Crippen LogP contribution in [0.2, 0.25) is 0 Å². The molecule has 1 aromatic carbocycles. The van der Waals surface area contributed by atoms with Crippen LogP contribution in [0.15, 0.2) is 24.3 Å². The number of nitrogens with one attached hydrogen (secondary N) is 2. The van der Waals surface area contributed by atoms with Crippen molar-refractivity contribution in [2.45, 2.75) is 44.8 Å². The number of hydrogen-bond donors (Lipinski definition) is 2. The summed E-state index contributed by atoms with van der Waals surface area (Å²) in [5.74, 6) is -0.352. The summed E-state index contributed by atoms with van der Waals surface area (Å²) in [6, 6.07) is 6.97. The lowest BCUT2D eigenvalue weighted by molar-refractivity contribution is 0.00695. The maximum atomic E-state index is 12.4. The summed E-state index contributed by atoms with van der Waals surface area (Å²) in [7, 11) is 0. The number of rotatable bonds is 2. The highest BCUT2D eigenvalue weighted by Gasteiger charge is 2.43. The summed E-state index contributed by atoms with van der Waals surface area (Å²) >= 11 is 0. The summed E-state index contributed by atoms with van der Waals surface area (Å²) < 4.78 is 5.36. The van der Waals surface area contributed by atoms with E-state index in [1.165, 1.54) is 0 Å². The van der Waals surface area contributed by atoms with Gasteiger partial charge in [-0.1, -0.05) is 0 Å². The fraction of sp³-hybridized carbons (Fsp3) is 0.556. The van der Waals surface area contributed by atoms with E-state index >= 15 is 0 Å². The Hall–Kier alpha value is -2.08. The molecule has 1 aromatic rings. The molecule has 2 aliphatic heterocycles. The summed E-state index contributed by atoms with van der Waals surface area (Å²) in [4.78, 5) is 26.2. The average Bonchev–Trinajstić information content (AvgIpc) is 2.82. The first-order valence-corrected chi connectivity index (χ1v) is 8.42. The van der Waals surface area contributed by atoms with Crippen LogP contribution in [0.4, 0.5) is 10.5 Å². The number of amides is 2. The molecule has 0 atom stereocenters. The van der Waals surface area contributed by atoms with E-state index in [0.29, 0.717) is 12.1 Å². The van der Waals surface area contributed by atoms with Crippen LogP contribution in [0.3, 0.4) is 0 Å². The zero-order valence-electron chi connectivity index (χ0n) is 14.5. The van der Waals surface area contributed by atoms with E-state index in [1.54, 1.807) is 29.2 Å². The van der Waals surface area contributed by atoms with Crippen LogP contribution in [-0.2, 0) is 4.74 Å². The van der Waals surface area contributed by atoms with Crippen LogP contribution in [0, 0.1) is 0 Å². The van der Waals surface area contributed by atoms with Gasteiger partial charge < -0.3 is 15.4 Å². The van der Waals surface area contributed by atoms with Crippen LogP contribution >= 0.6 is 0 Å². The second-order valence-corrected chi connectivity index (χ2v) is 7.60. The van der Waals surface area contributed by atoms with Crippen molar-refractivity contribution in [1.82, 2.24) is 10.6 Å². The van der Waals surface area contributed by atoms with Crippen LogP contribution in [0.1, 0.15) is 44.0 Å². The molecule has 3 rings (SSSR count). The van der Waals surface area contributed by atoms with Gasteiger partial charge in [0.05, 0.1) is 17.6 Å². The fourth-order valence-corrected chi connectivity index (χ4v) is 3.22. The summed E-state index contributed by atoms with van der Waals surface area (Å²) in [6.45, 7) is 8.03. The van der Waals surface area contributed by atoms with E-state index in [0.717, 1.165) is 31.6 Å². The number of urea groups is 1. The zero-order chi connectivity index (χ0) is 17.4. The summed E-state index contributed by atoms with van der Waals surface area (Å²) in [6.07, 6.45) is 1.87. The van der Waals surface area contributed by atoms with Crippen molar-refractivity contribution in [1.29, 1.82) is 0 Å². The quantitative estimate of drug-likeness (QED) is 0.816. The van der Waals surface area contributed by atoms with Crippen molar-refractivity contribution in [3.8, 4) is 0 Å². The maximum absolute atomic E-state index is 12.4. The van der Waals surface area contributed by atoms with E-state index in [4.69, 9.17) is 4.74 Å². The van der Waals surface area contributed by atoms with Crippen LogP contribution in [-0.4, -0.2) is 42.8 Å². The predicted molar refractivity (Wildman–Crippen MR) is 92.3 cm³/mol. The molecule has 0 radical (unpaired) electrons. The molecule has 0 saturated carbocycles. The average molecular weight is 331 g/mol. The van der Waals surface area contributed by atoms with Crippen molar-refractivity contribution in [2.24, 2.45) is 0 Å². The molecule has 6 heteroatoms. The lowest BCUT2D eigenvalue weighted by Gasteiger charge is -2.32. The largest absolute Gasteiger partial charge is 0.456 e. The van der Waals surface area contributed by atoms with Gasteiger partial charge >= 0.3 is 12.0 Å². The Morgan fingerprint density at radius 2 is 1.79 bits per heavy atom. The number of ether oxygens (including phenoxy) is 1. The number of carbonyl (C=O) groups excluding carboxylic acids is 2. The Labute approximate surface area is 142 Å². The van der Waals surface area contributed by atoms with Crippen molar-refractivity contribution < 1.29 is 14.3 Å². The van der Waals surface area contributed by atoms with Crippen molar-refractivity contribution in [3.63, 3.8) is 0 Å². The van der Waals surface area contributed by atoms with E-state index in [1.807, 2.05) is 20.8 Å².